The van der Waals surface area contributed by atoms with Crippen LogP contribution in [0.5, 0.6) is 0 Å². The summed E-state index contributed by atoms with van der Waals surface area (Å²) < 4.78 is 31.9. The Balaban J connectivity index is 1.57. The van der Waals surface area contributed by atoms with Crippen LogP contribution in [0.1, 0.15) is 6.92 Å². The highest BCUT2D eigenvalue weighted by Crippen LogP contribution is 2.40. The van der Waals surface area contributed by atoms with Crippen molar-refractivity contribution in [3.8, 4) is 33.6 Å². The molecule has 0 unspecified atom stereocenters. The van der Waals surface area contributed by atoms with E-state index in [2.05, 4.69) is 10.3 Å². The molecule has 6 rings (SSSR count). The van der Waals surface area contributed by atoms with Gasteiger partial charge in [0, 0.05) is 80.6 Å². The highest BCUT2D eigenvalue weighted by atomic mass is 32.2. The minimum atomic E-state index is -4.03. The topological polar surface area (TPSA) is 105 Å². The predicted octanol–water partition coefficient (Wildman–Crippen LogP) is 6.65. The number of hydrogen-bond acceptors (Lipinski definition) is 6. The molecule has 0 spiro atoms. The van der Waals surface area contributed by atoms with E-state index >= 15 is 0 Å². The van der Waals surface area contributed by atoms with Crippen LogP contribution in [0.3, 0.4) is 0 Å². The molecule has 46 heavy (non-hydrogen) atoms. The van der Waals surface area contributed by atoms with Crippen LogP contribution in [-0.2, 0) is 16.6 Å². The molecular formula is C35H35N7O3S. The van der Waals surface area contributed by atoms with Gasteiger partial charge < -0.3 is 15.1 Å². The van der Waals surface area contributed by atoms with Crippen molar-refractivity contribution in [1.29, 1.82) is 0 Å². The number of benzene rings is 3. The Hall–Kier alpha value is -5.42. The third-order valence-electron chi connectivity index (χ3n) is 7.79. The van der Waals surface area contributed by atoms with Crippen molar-refractivity contribution in [1.82, 2.24) is 23.6 Å². The Labute approximate surface area is 268 Å². The van der Waals surface area contributed by atoms with Crippen LogP contribution < -0.4 is 10.2 Å². The Bertz CT molecular complexity index is 2150. The van der Waals surface area contributed by atoms with Gasteiger partial charge in [-0.25, -0.2) is 22.2 Å². The lowest BCUT2D eigenvalue weighted by Gasteiger charge is -2.15. The van der Waals surface area contributed by atoms with Gasteiger partial charge in [-0.3, -0.25) is 4.68 Å². The third kappa shape index (κ3) is 5.61. The Morgan fingerprint density at radius 1 is 0.848 bits per heavy atom. The summed E-state index contributed by atoms with van der Waals surface area (Å²) in [5.74, 6) is 0. The van der Waals surface area contributed by atoms with Crippen LogP contribution in [0.2, 0.25) is 0 Å². The van der Waals surface area contributed by atoms with Crippen molar-refractivity contribution in [2.75, 3.05) is 38.4 Å². The summed E-state index contributed by atoms with van der Waals surface area (Å²) in [6.07, 6.45) is 3.61. The van der Waals surface area contributed by atoms with Gasteiger partial charge in [-0.1, -0.05) is 42.5 Å². The maximum Gasteiger partial charge on any atom is 0.321 e. The van der Waals surface area contributed by atoms with Gasteiger partial charge in [-0.2, -0.15) is 5.10 Å². The first kappa shape index (κ1) is 30.6. The zero-order valence-electron chi connectivity index (χ0n) is 26.3. The van der Waals surface area contributed by atoms with Crippen LogP contribution >= 0.6 is 0 Å². The molecule has 0 aliphatic carbocycles. The molecule has 0 atom stereocenters. The second-order valence-corrected chi connectivity index (χ2v) is 13.1. The quantitative estimate of drug-likeness (QED) is 0.201. The summed E-state index contributed by atoms with van der Waals surface area (Å²) in [6.45, 7) is 2.66. The number of nitrogens with zero attached hydrogens (tertiary/aromatic N) is 6. The first-order valence-electron chi connectivity index (χ1n) is 14.8. The van der Waals surface area contributed by atoms with Crippen molar-refractivity contribution in [2.45, 2.75) is 18.4 Å². The standard InChI is InChI=1S/C35H35N7O3S/c1-6-41-23-31(33(38-41)24-15-17-26(18-16-24)37-35(43)40(4)5)29-19-20-36-34-30(29)22-32(25-11-10-12-27(21-25)39(2)3)42(34)46(44,45)28-13-8-7-9-14-28/h7-23H,6H2,1-5H3,(H,37,43). The number of pyridine rings is 1. The number of carbonyl (C=O) groups is 1. The van der Waals surface area contributed by atoms with Gasteiger partial charge in [0.15, 0.2) is 5.65 Å². The monoisotopic (exact) mass is 633 g/mol. The normalized spacial score (nSPS) is 11.5. The van der Waals surface area contributed by atoms with E-state index in [1.807, 2.05) is 97.5 Å². The molecule has 0 bridgehead atoms. The van der Waals surface area contributed by atoms with E-state index in [-0.39, 0.29) is 10.9 Å². The molecule has 234 valence electrons. The Morgan fingerprint density at radius 2 is 1.59 bits per heavy atom. The molecule has 0 fully saturated rings. The van der Waals surface area contributed by atoms with Crippen molar-refractivity contribution in [3.05, 3.63) is 103 Å². The van der Waals surface area contributed by atoms with Crippen molar-refractivity contribution < 1.29 is 13.2 Å². The molecule has 0 aliphatic rings. The lowest BCUT2D eigenvalue weighted by Crippen LogP contribution is -2.27. The molecule has 6 aromatic rings. The molecule has 0 aliphatic heterocycles. The molecule has 10 nitrogen and oxygen atoms in total. The summed E-state index contributed by atoms with van der Waals surface area (Å²) in [4.78, 5) is 20.4. The number of aromatic nitrogens is 4. The smallest absolute Gasteiger partial charge is 0.321 e. The molecule has 11 heteroatoms. The lowest BCUT2D eigenvalue weighted by atomic mass is 10.00. The SMILES string of the molecule is CCn1cc(-c2ccnc3c2cc(-c2cccc(N(C)C)c2)n3S(=O)(=O)c2ccccc2)c(-c2ccc(NC(=O)N(C)C)cc2)n1. The zero-order valence-corrected chi connectivity index (χ0v) is 27.2. The van der Waals surface area contributed by atoms with E-state index < -0.39 is 10.0 Å². The molecular weight excluding hydrogens is 598 g/mol. The Morgan fingerprint density at radius 3 is 2.26 bits per heavy atom. The van der Waals surface area contributed by atoms with Crippen LogP contribution in [0, 0.1) is 0 Å². The molecule has 3 aromatic carbocycles. The number of nitrogens with one attached hydrogen (secondary N) is 1. The minimum absolute atomic E-state index is 0.172. The number of rotatable bonds is 8. The van der Waals surface area contributed by atoms with Crippen LogP contribution in [0.15, 0.2) is 108 Å². The summed E-state index contributed by atoms with van der Waals surface area (Å²) in [5, 5.41) is 8.43. The van der Waals surface area contributed by atoms with E-state index in [4.69, 9.17) is 5.10 Å². The second kappa shape index (κ2) is 12.2. The van der Waals surface area contributed by atoms with Gasteiger partial charge >= 0.3 is 6.03 Å². The van der Waals surface area contributed by atoms with E-state index in [1.165, 1.54) is 8.87 Å². The van der Waals surface area contributed by atoms with E-state index in [0.717, 1.165) is 33.6 Å². The molecule has 0 radical (unpaired) electrons. The summed E-state index contributed by atoms with van der Waals surface area (Å²) >= 11 is 0. The van der Waals surface area contributed by atoms with Gasteiger partial charge in [-0.05, 0) is 61.0 Å². The average molecular weight is 634 g/mol. The van der Waals surface area contributed by atoms with Crippen LogP contribution in [-0.4, -0.2) is 66.3 Å². The zero-order chi connectivity index (χ0) is 32.6. The maximum atomic E-state index is 14.3. The largest absolute Gasteiger partial charge is 0.378 e. The van der Waals surface area contributed by atoms with Crippen LogP contribution in [0.4, 0.5) is 16.2 Å². The van der Waals surface area contributed by atoms with E-state index in [9.17, 15) is 13.2 Å². The van der Waals surface area contributed by atoms with Crippen molar-refractivity contribution in [2.24, 2.45) is 0 Å². The summed E-state index contributed by atoms with van der Waals surface area (Å²) in [6, 6.07) is 27.3. The number of anilines is 2. The molecule has 0 saturated heterocycles. The van der Waals surface area contributed by atoms with Gasteiger partial charge in [-0.15, -0.1) is 0 Å². The molecule has 3 aromatic heterocycles. The van der Waals surface area contributed by atoms with Gasteiger partial charge in [0.2, 0.25) is 0 Å². The first-order valence-corrected chi connectivity index (χ1v) is 16.3. The number of fused-ring (bicyclic) bond motifs is 1. The lowest BCUT2D eigenvalue weighted by molar-refractivity contribution is 0.230. The number of aryl methyl sites for hydroxylation is 1. The summed E-state index contributed by atoms with van der Waals surface area (Å²) in [5.41, 5.74) is 6.40. The van der Waals surface area contributed by atoms with Gasteiger partial charge in [0.1, 0.15) is 5.69 Å². The molecule has 1 N–H and O–H groups in total. The maximum absolute atomic E-state index is 14.3. The fourth-order valence-corrected chi connectivity index (χ4v) is 6.84. The fourth-order valence-electron chi connectivity index (χ4n) is 5.34. The van der Waals surface area contributed by atoms with Gasteiger partial charge in [0.25, 0.3) is 10.0 Å². The number of carbonyl (C=O) groups excluding carboxylic acids is 1. The number of urea groups is 1. The fraction of sp³-hybridized carbons (Fsp3) is 0.171. The average Bonchev–Trinajstić information content (AvgIpc) is 3.68. The highest BCUT2D eigenvalue weighted by molar-refractivity contribution is 7.90. The number of hydrogen-bond donors (Lipinski definition) is 1. The summed E-state index contributed by atoms with van der Waals surface area (Å²) in [7, 11) is 3.24. The Kier molecular flexibility index (Phi) is 8.09. The van der Waals surface area contributed by atoms with E-state index in [0.29, 0.717) is 29.0 Å². The van der Waals surface area contributed by atoms with Gasteiger partial charge in [0.05, 0.1) is 10.6 Å². The minimum Gasteiger partial charge on any atom is -0.378 e. The molecule has 3 heterocycles. The molecule has 2 amide bonds. The van der Waals surface area contributed by atoms with Crippen molar-refractivity contribution >= 4 is 38.5 Å². The molecule has 0 saturated carbocycles. The third-order valence-corrected chi connectivity index (χ3v) is 9.51. The number of amides is 2. The van der Waals surface area contributed by atoms with E-state index in [1.54, 1.807) is 50.6 Å². The highest BCUT2D eigenvalue weighted by Gasteiger charge is 2.27. The second-order valence-electron chi connectivity index (χ2n) is 11.3. The first-order chi connectivity index (χ1) is 22.1. The van der Waals surface area contributed by atoms with Crippen LogP contribution in [0.25, 0.3) is 44.7 Å². The predicted molar refractivity (Wildman–Crippen MR) is 184 cm³/mol. The van der Waals surface area contributed by atoms with Crippen molar-refractivity contribution in [3.63, 3.8) is 0 Å².